The van der Waals surface area contributed by atoms with E-state index < -0.39 is 5.97 Å². The number of nitrogens with one attached hydrogen (secondary N) is 1. The second kappa shape index (κ2) is 5.90. The summed E-state index contributed by atoms with van der Waals surface area (Å²) in [6.07, 6.45) is 0. The number of methoxy groups -OCH3 is 1. The summed E-state index contributed by atoms with van der Waals surface area (Å²) in [5.74, 6) is -0.779. The molecule has 2 aromatic rings. The van der Waals surface area contributed by atoms with Crippen molar-refractivity contribution in [2.24, 2.45) is 0 Å². The normalized spacial score (nSPS) is 10.0. The minimum absolute atomic E-state index is 0.311. The Hall–Kier alpha value is -1.79. The molecular weight excluding hydrogens is 282 g/mol. The van der Waals surface area contributed by atoms with Crippen LogP contribution in [0, 0.1) is 0 Å². The van der Waals surface area contributed by atoms with E-state index in [1.54, 1.807) is 35.7 Å². The third-order valence-corrected chi connectivity index (χ3v) is 3.72. The van der Waals surface area contributed by atoms with Gasteiger partial charge in [-0.1, -0.05) is 12.1 Å². The number of rotatable bonds is 3. The Morgan fingerprint density at radius 1 is 1.26 bits per heavy atom. The Bertz CT molecular complexity index is 622. The monoisotopic (exact) mass is 293 g/mol. The van der Waals surface area contributed by atoms with E-state index in [1.807, 2.05) is 0 Å². The van der Waals surface area contributed by atoms with Crippen LogP contribution in [0.25, 0.3) is 0 Å². The van der Waals surface area contributed by atoms with Crippen molar-refractivity contribution in [3.05, 3.63) is 46.2 Å². The number of carbonyl (C=O) groups excluding carboxylic acids is 2. The summed E-state index contributed by atoms with van der Waals surface area (Å²) in [5, 5.41) is 4.40. The number of carbonyl (C=O) groups is 2. The first-order valence-electron chi connectivity index (χ1n) is 5.38. The van der Waals surface area contributed by atoms with Crippen LogP contribution in [0.5, 0.6) is 0 Å². The van der Waals surface area contributed by atoms with Gasteiger partial charge in [-0.15, -0.1) is 24.0 Å². The zero-order chi connectivity index (χ0) is 13.8. The topological polar surface area (TPSA) is 55.4 Å². The van der Waals surface area contributed by atoms with Crippen molar-refractivity contribution in [1.29, 1.82) is 0 Å². The van der Waals surface area contributed by atoms with Gasteiger partial charge in [-0.05, 0) is 23.6 Å². The summed E-state index contributed by atoms with van der Waals surface area (Å²) >= 11 is 5.44. The van der Waals surface area contributed by atoms with E-state index in [9.17, 15) is 9.59 Å². The molecule has 0 atom stereocenters. The zero-order valence-electron chi connectivity index (χ0n) is 10.0. The van der Waals surface area contributed by atoms with Crippen molar-refractivity contribution in [3.8, 4) is 0 Å². The summed E-state index contributed by atoms with van der Waals surface area (Å²) in [5.41, 5.74) is 0.895. The molecule has 0 fully saturated rings. The number of hydrogen-bond donors (Lipinski definition) is 2. The highest BCUT2D eigenvalue weighted by atomic mass is 32.1. The van der Waals surface area contributed by atoms with Crippen LogP contribution in [0.2, 0.25) is 0 Å². The van der Waals surface area contributed by atoms with E-state index in [2.05, 4.69) is 22.7 Å². The van der Waals surface area contributed by atoms with Crippen molar-refractivity contribution in [1.82, 2.24) is 0 Å². The summed E-state index contributed by atoms with van der Waals surface area (Å²) < 4.78 is 4.65. The predicted molar refractivity (Wildman–Crippen MR) is 77.3 cm³/mol. The number of thiol groups is 1. The molecule has 6 heteroatoms. The van der Waals surface area contributed by atoms with Crippen LogP contribution in [0.3, 0.4) is 0 Å². The van der Waals surface area contributed by atoms with Crippen molar-refractivity contribution < 1.29 is 14.3 Å². The van der Waals surface area contributed by atoms with Crippen LogP contribution in [0.1, 0.15) is 20.0 Å². The Balaban J connectivity index is 2.23. The molecule has 0 aliphatic rings. The number of hydrogen-bond acceptors (Lipinski definition) is 5. The lowest BCUT2D eigenvalue weighted by atomic mass is 10.2. The van der Waals surface area contributed by atoms with Gasteiger partial charge in [0.15, 0.2) is 0 Å². The molecule has 0 unspecified atom stereocenters. The Kier molecular flexibility index (Phi) is 4.24. The van der Waals surface area contributed by atoms with Gasteiger partial charge in [0.1, 0.15) is 4.88 Å². The SMILES string of the molecule is COC(=O)c1sccc1NC(=O)c1ccccc1S. The maximum absolute atomic E-state index is 12.1. The molecule has 1 aromatic carbocycles. The molecule has 1 amide bonds. The largest absolute Gasteiger partial charge is 0.465 e. The number of benzene rings is 1. The van der Waals surface area contributed by atoms with Crippen molar-refractivity contribution in [3.63, 3.8) is 0 Å². The van der Waals surface area contributed by atoms with Gasteiger partial charge in [-0.2, -0.15) is 0 Å². The molecule has 98 valence electrons. The number of amides is 1. The molecule has 1 aromatic heterocycles. The van der Waals surface area contributed by atoms with Crippen LogP contribution in [0.4, 0.5) is 5.69 Å². The summed E-state index contributed by atoms with van der Waals surface area (Å²) in [6, 6.07) is 8.61. The summed E-state index contributed by atoms with van der Waals surface area (Å²) in [7, 11) is 1.30. The standard InChI is InChI=1S/C13H11NO3S2/c1-17-13(16)11-9(6-7-19-11)14-12(15)8-4-2-3-5-10(8)18/h2-7,18H,1H3,(H,14,15). The quantitative estimate of drug-likeness (QED) is 0.675. The highest BCUT2D eigenvalue weighted by Gasteiger charge is 2.17. The minimum atomic E-state index is -0.468. The number of esters is 1. The fourth-order valence-corrected chi connectivity index (χ4v) is 2.54. The van der Waals surface area contributed by atoms with Gasteiger partial charge in [0.2, 0.25) is 0 Å². The van der Waals surface area contributed by atoms with Crippen LogP contribution in [-0.4, -0.2) is 19.0 Å². The summed E-state index contributed by atoms with van der Waals surface area (Å²) in [6.45, 7) is 0. The molecule has 19 heavy (non-hydrogen) atoms. The van der Waals surface area contributed by atoms with Crippen LogP contribution in [-0.2, 0) is 4.74 Å². The molecule has 0 spiro atoms. The van der Waals surface area contributed by atoms with Gasteiger partial charge < -0.3 is 10.1 Å². The lowest BCUT2D eigenvalue weighted by Crippen LogP contribution is -2.14. The number of thiophene rings is 1. The van der Waals surface area contributed by atoms with Crippen molar-refractivity contribution in [2.75, 3.05) is 12.4 Å². The summed E-state index contributed by atoms with van der Waals surface area (Å²) in [4.78, 5) is 24.5. The highest BCUT2D eigenvalue weighted by molar-refractivity contribution is 7.80. The van der Waals surface area contributed by atoms with Gasteiger partial charge in [0.05, 0.1) is 18.4 Å². The predicted octanol–water partition coefficient (Wildman–Crippen LogP) is 3.08. The molecule has 0 saturated carbocycles. The average molecular weight is 293 g/mol. The van der Waals surface area contributed by atoms with E-state index in [-0.39, 0.29) is 5.91 Å². The highest BCUT2D eigenvalue weighted by Crippen LogP contribution is 2.24. The number of ether oxygens (including phenoxy) is 1. The van der Waals surface area contributed by atoms with E-state index in [4.69, 9.17) is 0 Å². The number of anilines is 1. The molecule has 2 rings (SSSR count). The van der Waals surface area contributed by atoms with Crippen molar-refractivity contribution >= 4 is 41.5 Å². The Morgan fingerprint density at radius 3 is 2.68 bits per heavy atom. The van der Waals surface area contributed by atoms with Gasteiger partial charge >= 0.3 is 5.97 Å². The van der Waals surface area contributed by atoms with Crippen LogP contribution >= 0.6 is 24.0 Å². The maximum Gasteiger partial charge on any atom is 0.350 e. The zero-order valence-corrected chi connectivity index (χ0v) is 11.8. The first kappa shape index (κ1) is 13.6. The Morgan fingerprint density at radius 2 is 2.00 bits per heavy atom. The molecule has 0 saturated heterocycles. The van der Waals surface area contributed by atoms with Gasteiger partial charge in [-0.3, -0.25) is 4.79 Å². The van der Waals surface area contributed by atoms with Crippen molar-refractivity contribution in [2.45, 2.75) is 4.90 Å². The van der Waals surface area contributed by atoms with Crippen LogP contribution < -0.4 is 5.32 Å². The van der Waals surface area contributed by atoms with Gasteiger partial charge in [-0.25, -0.2) is 4.79 Å². The fourth-order valence-electron chi connectivity index (χ4n) is 1.51. The van der Waals surface area contributed by atoms with E-state index in [0.29, 0.717) is 21.0 Å². The van der Waals surface area contributed by atoms with E-state index in [0.717, 1.165) is 0 Å². The minimum Gasteiger partial charge on any atom is -0.465 e. The van der Waals surface area contributed by atoms with E-state index in [1.165, 1.54) is 18.4 Å². The maximum atomic E-state index is 12.1. The third-order valence-electron chi connectivity index (χ3n) is 2.43. The van der Waals surface area contributed by atoms with Gasteiger partial charge in [0, 0.05) is 4.90 Å². The molecule has 0 aliphatic carbocycles. The average Bonchev–Trinajstić information content (AvgIpc) is 2.86. The van der Waals surface area contributed by atoms with E-state index >= 15 is 0 Å². The second-order valence-corrected chi connectivity index (χ2v) is 5.02. The lowest BCUT2D eigenvalue weighted by Gasteiger charge is -2.07. The first-order chi connectivity index (χ1) is 9.13. The molecule has 1 heterocycles. The molecular formula is C13H11NO3S2. The molecule has 0 radical (unpaired) electrons. The molecule has 0 aliphatic heterocycles. The molecule has 4 nitrogen and oxygen atoms in total. The molecule has 0 bridgehead atoms. The van der Waals surface area contributed by atoms with Gasteiger partial charge in [0.25, 0.3) is 5.91 Å². The third kappa shape index (κ3) is 2.97. The smallest absolute Gasteiger partial charge is 0.350 e. The fraction of sp³-hybridized carbons (Fsp3) is 0.0769. The second-order valence-electron chi connectivity index (χ2n) is 3.63. The Labute approximate surface area is 119 Å². The van der Waals surface area contributed by atoms with Crippen LogP contribution in [0.15, 0.2) is 40.6 Å². The molecule has 1 N–H and O–H groups in total. The lowest BCUT2D eigenvalue weighted by molar-refractivity contribution is 0.0607. The first-order valence-corrected chi connectivity index (χ1v) is 6.71.